The van der Waals surface area contributed by atoms with E-state index in [0.717, 1.165) is 31.2 Å². The van der Waals surface area contributed by atoms with Gasteiger partial charge in [-0.15, -0.1) is 0 Å². The van der Waals surface area contributed by atoms with Gasteiger partial charge in [-0.1, -0.05) is 20.8 Å². The Morgan fingerprint density at radius 3 is 2.93 bits per heavy atom. The lowest BCUT2D eigenvalue weighted by atomic mass is 10.1. The molecule has 0 aliphatic rings. The zero-order valence-electron chi connectivity index (χ0n) is 9.45. The van der Waals surface area contributed by atoms with Crippen molar-refractivity contribution in [3.8, 4) is 0 Å². The Kier molecular flexibility index (Phi) is 4.66. The first kappa shape index (κ1) is 11.2. The van der Waals surface area contributed by atoms with Crippen molar-refractivity contribution in [3.63, 3.8) is 0 Å². The molecule has 0 fully saturated rings. The van der Waals surface area contributed by atoms with Crippen LogP contribution in [0.3, 0.4) is 0 Å². The first-order valence-corrected chi connectivity index (χ1v) is 5.45. The quantitative estimate of drug-likeness (QED) is 0.752. The van der Waals surface area contributed by atoms with E-state index in [2.05, 4.69) is 43.4 Å². The monoisotopic (exact) mass is 195 g/mol. The third-order valence-electron chi connectivity index (χ3n) is 2.19. The molecule has 0 aromatic carbocycles. The molecule has 3 nitrogen and oxygen atoms in total. The van der Waals surface area contributed by atoms with Crippen LogP contribution in [-0.2, 0) is 13.1 Å². The number of rotatable bonds is 6. The van der Waals surface area contributed by atoms with Gasteiger partial charge < -0.3 is 5.32 Å². The molecular weight excluding hydrogens is 174 g/mol. The van der Waals surface area contributed by atoms with Crippen LogP contribution in [-0.4, -0.2) is 16.3 Å². The van der Waals surface area contributed by atoms with E-state index in [1.54, 1.807) is 0 Å². The van der Waals surface area contributed by atoms with E-state index >= 15 is 0 Å². The second-order valence-electron chi connectivity index (χ2n) is 4.03. The Morgan fingerprint density at radius 1 is 1.50 bits per heavy atom. The summed E-state index contributed by atoms with van der Waals surface area (Å²) in [4.78, 5) is 0. The summed E-state index contributed by atoms with van der Waals surface area (Å²) in [5.74, 6) is 0.747. The van der Waals surface area contributed by atoms with Gasteiger partial charge in [0.25, 0.3) is 0 Å². The molecule has 1 N–H and O–H groups in total. The third-order valence-corrected chi connectivity index (χ3v) is 2.19. The van der Waals surface area contributed by atoms with Crippen molar-refractivity contribution in [1.29, 1.82) is 0 Å². The van der Waals surface area contributed by atoms with E-state index in [0.29, 0.717) is 0 Å². The largest absolute Gasteiger partial charge is 0.311 e. The van der Waals surface area contributed by atoms with Crippen LogP contribution in [0.2, 0.25) is 0 Å². The molecule has 1 heterocycles. The lowest BCUT2D eigenvalue weighted by Crippen LogP contribution is -2.12. The van der Waals surface area contributed by atoms with Crippen LogP contribution in [0.1, 0.15) is 32.9 Å². The molecule has 0 spiro atoms. The normalized spacial score (nSPS) is 11.1. The van der Waals surface area contributed by atoms with E-state index in [4.69, 9.17) is 0 Å². The Balaban J connectivity index is 2.35. The highest BCUT2D eigenvalue weighted by atomic mass is 15.3. The van der Waals surface area contributed by atoms with Gasteiger partial charge in [0, 0.05) is 19.3 Å². The second-order valence-corrected chi connectivity index (χ2v) is 4.03. The SMILES string of the molecule is CCNCc1ccn(CCC(C)C)n1. The van der Waals surface area contributed by atoms with Crippen LogP contribution in [0, 0.1) is 5.92 Å². The molecule has 80 valence electrons. The van der Waals surface area contributed by atoms with Crippen molar-refractivity contribution in [1.82, 2.24) is 15.1 Å². The summed E-state index contributed by atoms with van der Waals surface area (Å²) in [5, 5.41) is 7.74. The van der Waals surface area contributed by atoms with Gasteiger partial charge in [0.1, 0.15) is 0 Å². The van der Waals surface area contributed by atoms with Gasteiger partial charge in [-0.3, -0.25) is 4.68 Å². The Hall–Kier alpha value is -0.830. The molecule has 0 aliphatic carbocycles. The minimum atomic E-state index is 0.747. The predicted octanol–water partition coefficient (Wildman–Crippen LogP) is 2.04. The molecule has 0 unspecified atom stereocenters. The number of aryl methyl sites for hydroxylation is 1. The average molecular weight is 195 g/mol. The van der Waals surface area contributed by atoms with Gasteiger partial charge in [-0.05, 0) is 24.9 Å². The molecule has 0 radical (unpaired) electrons. The maximum absolute atomic E-state index is 4.47. The number of hydrogen-bond donors (Lipinski definition) is 1. The first-order chi connectivity index (χ1) is 6.72. The zero-order chi connectivity index (χ0) is 10.4. The molecule has 3 heteroatoms. The summed E-state index contributed by atoms with van der Waals surface area (Å²) in [5.41, 5.74) is 1.13. The summed E-state index contributed by atoms with van der Waals surface area (Å²) in [7, 11) is 0. The highest BCUT2D eigenvalue weighted by Gasteiger charge is 1.99. The molecule has 1 rings (SSSR count). The second kappa shape index (κ2) is 5.81. The van der Waals surface area contributed by atoms with Gasteiger partial charge in [0.2, 0.25) is 0 Å². The number of nitrogens with zero attached hydrogens (tertiary/aromatic N) is 2. The van der Waals surface area contributed by atoms with E-state index in [9.17, 15) is 0 Å². The lowest BCUT2D eigenvalue weighted by Gasteiger charge is -2.04. The molecule has 0 atom stereocenters. The molecule has 1 aromatic heterocycles. The summed E-state index contributed by atoms with van der Waals surface area (Å²) in [6.07, 6.45) is 3.26. The van der Waals surface area contributed by atoms with Crippen molar-refractivity contribution in [2.24, 2.45) is 5.92 Å². The predicted molar refractivity (Wildman–Crippen MR) is 59.1 cm³/mol. The molecule has 1 aromatic rings. The zero-order valence-corrected chi connectivity index (χ0v) is 9.45. The molecular formula is C11H21N3. The fraction of sp³-hybridized carbons (Fsp3) is 0.727. The van der Waals surface area contributed by atoms with Gasteiger partial charge in [-0.25, -0.2) is 0 Å². The minimum Gasteiger partial charge on any atom is -0.311 e. The minimum absolute atomic E-state index is 0.747. The Bertz CT molecular complexity index is 253. The van der Waals surface area contributed by atoms with Crippen molar-refractivity contribution in [3.05, 3.63) is 18.0 Å². The van der Waals surface area contributed by atoms with Crippen LogP contribution >= 0.6 is 0 Å². The summed E-state index contributed by atoms with van der Waals surface area (Å²) in [6, 6.07) is 2.09. The average Bonchev–Trinajstić information content (AvgIpc) is 2.59. The highest BCUT2D eigenvalue weighted by Crippen LogP contribution is 2.03. The van der Waals surface area contributed by atoms with Crippen LogP contribution in [0.4, 0.5) is 0 Å². The van der Waals surface area contributed by atoms with E-state index in [1.807, 2.05) is 4.68 Å². The first-order valence-electron chi connectivity index (χ1n) is 5.45. The van der Waals surface area contributed by atoms with E-state index in [-0.39, 0.29) is 0 Å². The summed E-state index contributed by atoms with van der Waals surface area (Å²) < 4.78 is 2.03. The maximum Gasteiger partial charge on any atom is 0.0762 e. The van der Waals surface area contributed by atoms with Gasteiger partial charge in [0.15, 0.2) is 0 Å². The maximum atomic E-state index is 4.47. The molecule has 0 aliphatic heterocycles. The molecule has 0 saturated carbocycles. The highest BCUT2D eigenvalue weighted by molar-refractivity contribution is 4.98. The Labute approximate surface area is 86.5 Å². The number of nitrogens with one attached hydrogen (secondary N) is 1. The Morgan fingerprint density at radius 2 is 2.29 bits per heavy atom. The molecule has 0 saturated heterocycles. The molecule has 14 heavy (non-hydrogen) atoms. The molecule has 0 amide bonds. The fourth-order valence-electron chi connectivity index (χ4n) is 1.27. The summed E-state index contributed by atoms with van der Waals surface area (Å²) >= 11 is 0. The van der Waals surface area contributed by atoms with Crippen LogP contribution < -0.4 is 5.32 Å². The van der Waals surface area contributed by atoms with Crippen molar-refractivity contribution in [2.75, 3.05) is 6.54 Å². The third kappa shape index (κ3) is 3.92. The summed E-state index contributed by atoms with van der Waals surface area (Å²) in [6.45, 7) is 9.50. The van der Waals surface area contributed by atoms with Gasteiger partial charge >= 0.3 is 0 Å². The smallest absolute Gasteiger partial charge is 0.0762 e. The van der Waals surface area contributed by atoms with Gasteiger partial charge in [0.05, 0.1) is 5.69 Å². The van der Waals surface area contributed by atoms with Crippen molar-refractivity contribution in [2.45, 2.75) is 40.3 Å². The number of aromatic nitrogens is 2. The number of hydrogen-bond acceptors (Lipinski definition) is 2. The van der Waals surface area contributed by atoms with Crippen molar-refractivity contribution < 1.29 is 0 Å². The molecule has 0 bridgehead atoms. The van der Waals surface area contributed by atoms with Crippen molar-refractivity contribution >= 4 is 0 Å². The van der Waals surface area contributed by atoms with Crippen LogP contribution in [0.15, 0.2) is 12.3 Å². The van der Waals surface area contributed by atoms with Gasteiger partial charge in [-0.2, -0.15) is 5.10 Å². The van der Waals surface area contributed by atoms with Crippen LogP contribution in [0.5, 0.6) is 0 Å². The lowest BCUT2D eigenvalue weighted by molar-refractivity contribution is 0.483. The topological polar surface area (TPSA) is 29.9 Å². The standard InChI is InChI=1S/C11H21N3/c1-4-12-9-11-6-8-14(13-11)7-5-10(2)3/h6,8,10,12H,4-5,7,9H2,1-3H3. The fourth-order valence-corrected chi connectivity index (χ4v) is 1.27. The van der Waals surface area contributed by atoms with Crippen LogP contribution in [0.25, 0.3) is 0 Å². The van der Waals surface area contributed by atoms with E-state index in [1.165, 1.54) is 6.42 Å². The van der Waals surface area contributed by atoms with E-state index < -0.39 is 0 Å².